The third kappa shape index (κ3) is 6.73. The van der Waals surface area contributed by atoms with Gasteiger partial charge in [0.25, 0.3) is 5.91 Å². The summed E-state index contributed by atoms with van der Waals surface area (Å²) in [6.07, 6.45) is 1.44. The highest BCUT2D eigenvalue weighted by atomic mass is 32.2. The molecule has 5 N–H and O–H groups in total. The maximum atomic E-state index is 13.0. The van der Waals surface area contributed by atoms with Gasteiger partial charge in [-0.1, -0.05) is 42.3 Å². The second-order valence-corrected chi connectivity index (χ2v) is 7.72. The topological polar surface area (TPSA) is 107 Å². The van der Waals surface area contributed by atoms with E-state index < -0.39 is 0 Å². The average molecular weight is 451 g/mol. The van der Waals surface area contributed by atoms with Crippen molar-refractivity contribution in [2.45, 2.75) is 12.7 Å². The number of anilines is 4. The first-order valence-corrected chi connectivity index (χ1v) is 11.1. The molecule has 32 heavy (non-hydrogen) atoms. The monoisotopic (exact) mass is 450 g/mol. The number of rotatable bonds is 9. The summed E-state index contributed by atoms with van der Waals surface area (Å²) < 4.78 is 3.04. The molecular formula is C23H26N6O2S. The standard InChI is InChI=1S/C23H26N6O2S/c1-3-25-23(31)29-21-13-20(27-17-7-5-4-6-8-17)19(14-26-21)22(30)28-18-11-9-16(10-12-18)15-32-24-2/h4-14,24H,3,15H2,1-2H3,(H,28,30)(H3,25,26,27,29,31). The number of nitrogens with one attached hydrogen (secondary N) is 5. The molecule has 0 aliphatic carbocycles. The zero-order valence-electron chi connectivity index (χ0n) is 17.9. The Morgan fingerprint density at radius 2 is 1.72 bits per heavy atom. The Bertz CT molecular complexity index is 1040. The second kappa shape index (κ2) is 11.7. The highest BCUT2D eigenvalue weighted by molar-refractivity contribution is 7.96. The molecule has 3 rings (SSSR count). The predicted molar refractivity (Wildman–Crippen MR) is 131 cm³/mol. The van der Waals surface area contributed by atoms with E-state index in [-0.39, 0.29) is 11.9 Å². The molecule has 0 aliphatic rings. The fraction of sp³-hybridized carbons (Fsp3) is 0.174. The van der Waals surface area contributed by atoms with E-state index in [9.17, 15) is 9.59 Å². The molecule has 0 saturated heterocycles. The van der Waals surface area contributed by atoms with Crippen LogP contribution in [-0.4, -0.2) is 30.5 Å². The lowest BCUT2D eigenvalue weighted by Crippen LogP contribution is -2.28. The molecule has 0 radical (unpaired) electrons. The lowest BCUT2D eigenvalue weighted by Gasteiger charge is -2.14. The van der Waals surface area contributed by atoms with Crippen LogP contribution < -0.4 is 26.0 Å². The Balaban J connectivity index is 1.81. The summed E-state index contributed by atoms with van der Waals surface area (Å²) in [5.74, 6) is 0.856. The number of benzene rings is 2. The lowest BCUT2D eigenvalue weighted by atomic mass is 10.1. The van der Waals surface area contributed by atoms with Crippen molar-refractivity contribution in [1.82, 2.24) is 15.0 Å². The van der Waals surface area contributed by atoms with E-state index in [0.717, 1.165) is 17.0 Å². The largest absolute Gasteiger partial charge is 0.355 e. The van der Waals surface area contributed by atoms with Crippen LogP contribution in [0.2, 0.25) is 0 Å². The number of aromatic nitrogens is 1. The highest BCUT2D eigenvalue weighted by Gasteiger charge is 2.15. The van der Waals surface area contributed by atoms with Crippen LogP contribution in [0, 0.1) is 0 Å². The summed E-state index contributed by atoms with van der Waals surface area (Å²) in [6.45, 7) is 2.32. The van der Waals surface area contributed by atoms with Crippen LogP contribution in [0.15, 0.2) is 66.9 Å². The van der Waals surface area contributed by atoms with Crippen molar-refractivity contribution >= 4 is 46.8 Å². The average Bonchev–Trinajstić information content (AvgIpc) is 2.79. The molecule has 9 heteroatoms. The molecule has 0 unspecified atom stereocenters. The minimum absolute atomic E-state index is 0.308. The van der Waals surface area contributed by atoms with E-state index in [1.807, 2.05) is 68.6 Å². The molecule has 0 saturated carbocycles. The van der Waals surface area contributed by atoms with Gasteiger partial charge in [-0.15, -0.1) is 0 Å². The maximum absolute atomic E-state index is 13.0. The first kappa shape index (κ1) is 23.1. The molecule has 3 aromatic rings. The molecule has 0 bridgehead atoms. The highest BCUT2D eigenvalue weighted by Crippen LogP contribution is 2.24. The van der Waals surface area contributed by atoms with Gasteiger partial charge in [-0.25, -0.2) is 9.78 Å². The summed E-state index contributed by atoms with van der Waals surface area (Å²) in [5.41, 5.74) is 3.52. The first-order chi connectivity index (χ1) is 15.6. The third-order valence-electron chi connectivity index (χ3n) is 4.38. The van der Waals surface area contributed by atoms with Crippen LogP contribution in [-0.2, 0) is 5.75 Å². The van der Waals surface area contributed by atoms with Gasteiger partial charge < -0.3 is 16.0 Å². The Labute approximate surface area is 191 Å². The first-order valence-electron chi connectivity index (χ1n) is 10.1. The Hall–Kier alpha value is -3.56. The smallest absolute Gasteiger partial charge is 0.320 e. The number of carbonyl (C=O) groups is 2. The number of hydrogen-bond donors (Lipinski definition) is 5. The molecule has 0 spiro atoms. The molecule has 8 nitrogen and oxygen atoms in total. The van der Waals surface area contributed by atoms with Crippen LogP contribution in [0.1, 0.15) is 22.8 Å². The summed E-state index contributed by atoms with van der Waals surface area (Å²) in [6, 6.07) is 18.4. The number of urea groups is 1. The van der Waals surface area contributed by atoms with Crippen molar-refractivity contribution < 1.29 is 9.59 Å². The van der Waals surface area contributed by atoms with Gasteiger partial charge in [0.2, 0.25) is 0 Å². The number of pyridine rings is 1. The quantitative estimate of drug-likeness (QED) is 0.305. The molecule has 1 heterocycles. The Morgan fingerprint density at radius 1 is 0.969 bits per heavy atom. The van der Waals surface area contributed by atoms with Crippen molar-refractivity contribution in [2.24, 2.45) is 0 Å². The zero-order valence-corrected chi connectivity index (χ0v) is 18.8. The third-order valence-corrected chi connectivity index (χ3v) is 5.14. The molecule has 0 fully saturated rings. The molecule has 0 aliphatic heterocycles. The van der Waals surface area contributed by atoms with E-state index >= 15 is 0 Å². The SMILES string of the molecule is CCNC(=O)Nc1cc(Nc2ccccc2)c(C(=O)Nc2ccc(CSNC)cc2)cn1. The van der Waals surface area contributed by atoms with E-state index in [2.05, 4.69) is 31.0 Å². The number of nitrogens with zero attached hydrogens (tertiary/aromatic N) is 1. The van der Waals surface area contributed by atoms with Crippen LogP contribution >= 0.6 is 11.9 Å². The van der Waals surface area contributed by atoms with Gasteiger partial charge in [0.05, 0.1) is 11.3 Å². The van der Waals surface area contributed by atoms with Crippen molar-refractivity contribution in [3.63, 3.8) is 0 Å². The van der Waals surface area contributed by atoms with Gasteiger partial charge in [0.1, 0.15) is 5.82 Å². The Morgan fingerprint density at radius 3 is 2.41 bits per heavy atom. The minimum Gasteiger partial charge on any atom is -0.355 e. The van der Waals surface area contributed by atoms with E-state index in [1.165, 1.54) is 6.20 Å². The van der Waals surface area contributed by atoms with Gasteiger partial charge in [0, 0.05) is 35.9 Å². The lowest BCUT2D eigenvalue weighted by molar-refractivity contribution is 0.102. The predicted octanol–water partition coefficient (Wildman–Crippen LogP) is 4.59. The number of carbonyl (C=O) groups excluding carboxylic acids is 2. The van der Waals surface area contributed by atoms with E-state index in [4.69, 9.17) is 0 Å². The van der Waals surface area contributed by atoms with Crippen molar-refractivity contribution in [3.8, 4) is 0 Å². The van der Waals surface area contributed by atoms with Crippen molar-refractivity contribution in [1.29, 1.82) is 0 Å². The number of amides is 3. The normalized spacial score (nSPS) is 10.3. The van der Waals surface area contributed by atoms with Gasteiger partial charge in [-0.05, 0) is 43.8 Å². The molecule has 0 atom stereocenters. The van der Waals surface area contributed by atoms with Crippen LogP contribution in [0.3, 0.4) is 0 Å². The van der Waals surface area contributed by atoms with Gasteiger partial charge in [0.15, 0.2) is 0 Å². The van der Waals surface area contributed by atoms with E-state index in [0.29, 0.717) is 29.3 Å². The van der Waals surface area contributed by atoms with Crippen LogP contribution in [0.5, 0.6) is 0 Å². The molecule has 2 aromatic carbocycles. The minimum atomic E-state index is -0.362. The number of hydrogen-bond acceptors (Lipinski definition) is 6. The van der Waals surface area contributed by atoms with Gasteiger partial charge in [-0.2, -0.15) is 0 Å². The van der Waals surface area contributed by atoms with Crippen LogP contribution in [0.4, 0.5) is 27.7 Å². The van der Waals surface area contributed by atoms with E-state index in [1.54, 1.807) is 18.0 Å². The second-order valence-electron chi connectivity index (χ2n) is 6.73. The van der Waals surface area contributed by atoms with Crippen molar-refractivity contribution in [2.75, 3.05) is 29.5 Å². The summed E-state index contributed by atoms with van der Waals surface area (Å²) in [5, 5.41) is 11.5. The summed E-state index contributed by atoms with van der Waals surface area (Å²) >= 11 is 1.60. The zero-order chi connectivity index (χ0) is 22.8. The van der Waals surface area contributed by atoms with Gasteiger partial charge >= 0.3 is 6.03 Å². The van der Waals surface area contributed by atoms with Crippen molar-refractivity contribution in [3.05, 3.63) is 78.0 Å². The number of para-hydroxylation sites is 1. The molecule has 166 valence electrons. The summed E-state index contributed by atoms with van der Waals surface area (Å²) in [7, 11) is 1.88. The fourth-order valence-electron chi connectivity index (χ4n) is 2.84. The van der Waals surface area contributed by atoms with Crippen LogP contribution in [0.25, 0.3) is 0 Å². The molecule has 1 aromatic heterocycles. The van der Waals surface area contributed by atoms with Gasteiger partial charge in [-0.3, -0.25) is 14.8 Å². The molecular weight excluding hydrogens is 424 g/mol. The fourth-order valence-corrected chi connectivity index (χ4v) is 3.35. The maximum Gasteiger partial charge on any atom is 0.320 e. The summed E-state index contributed by atoms with van der Waals surface area (Å²) in [4.78, 5) is 29.1. The Kier molecular flexibility index (Phi) is 8.47. The molecule has 3 amide bonds.